The molecule has 4 aliphatic rings. The van der Waals surface area contributed by atoms with Crippen LogP contribution >= 0.6 is 11.3 Å². The Balaban J connectivity index is 1.29. The summed E-state index contributed by atoms with van der Waals surface area (Å²) < 4.78 is 0. The third-order valence-corrected chi connectivity index (χ3v) is 12.1. The number of anilines is 1. The summed E-state index contributed by atoms with van der Waals surface area (Å²) in [7, 11) is 0. The van der Waals surface area contributed by atoms with Gasteiger partial charge in [-0.2, -0.15) is 0 Å². The largest absolute Gasteiger partial charge is 0.393 e. The number of thiazole rings is 1. The molecule has 1 aromatic rings. The maximum absolute atomic E-state index is 12.5. The second kappa shape index (κ2) is 9.38. The van der Waals surface area contributed by atoms with E-state index in [1.807, 2.05) is 12.3 Å². The minimum absolute atomic E-state index is 0.0105. The number of aryl methyl sites for hydroxylation is 1. The van der Waals surface area contributed by atoms with Crippen LogP contribution in [0.1, 0.15) is 84.3 Å². The van der Waals surface area contributed by atoms with Crippen molar-refractivity contribution in [2.75, 3.05) is 5.32 Å². The molecule has 0 aliphatic heterocycles. The van der Waals surface area contributed by atoms with Crippen LogP contribution in [0.25, 0.3) is 0 Å². The number of rotatable bonds is 5. The lowest BCUT2D eigenvalue weighted by atomic mass is 9.43. The van der Waals surface area contributed by atoms with Crippen LogP contribution < -0.4 is 5.32 Å². The summed E-state index contributed by atoms with van der Waals surface area (Å²) in [6.07, 6.45) is 6.56. The molecule has 1 heterocycles. The van der Waals surface area contributed by atoms with Crippen molar-refractivity contribution < 1.29 is 20.1 Å². The summed E-state index contributed by atoms with van der Waals surface area (Å²) in [5.41, 5.74) is 0.797. The monoisotopic (exact) mass is 504 g/mol. The summed E-state index contributed by atoms with van der Waals surface area (Å²) in [6, 6.07) is 0. The number of aromatic nitrogens is 1. The second-order valence-corrected chi connectivity index (χ2v) is 13.7. The van der Waals surface area contributed by atoms with Gasteiger partial charge in [0, 0.05) is 11.8 Å². The number of hydrogen-bond donors (Lipinski definition) is 4. The molecule has 0 bridgehead atoms. The number of carbonyl (C=O) groups excluding carboxylic acids is 1. The molecule has 6 nitrogen and oxygen atoms in total. The third kappa shape index (κ3) is 4.28. The molecule has 0 unspecified atom stereocenters. The number of fused-ring (bicyclic) bond motifs is 5. The average Bonchev–Trinajstić information content (AvgIpc) is 3.37. The minimum Gasteiger partial charge on any atom is -0.393 e. The number of carbonyl (C=O) groups is 1. The molecular formula is C28H44N2O4S. The van der Waals surface area contributed by atoms with Crippen molar-refractivity contribution in [1.82, 2.24) is 4.98 Å². The third-order valence-electron chi connectivity index (χ3n) is 11.2. The zero-order chi connectivity index (χ0) is 25.1. The van der Waals surface area contributed by atoms with Crippen molar-refractivity contribution in [3.8, 4) is 0 Å². The number of aliphatic hydroxyl groups is 3. The molecule has 7 heteroatoms. The van der Waals surface area contributed by atoms with Crippen LogP contribution in [0.2, 0.25) is 0 Å². The van der Waals surface area contributed by atoms with E-state index < -0.39 is 0 Å². The first kappa shape index (κ1) is 25.6. The van der Waals surface area contributed by atoms with Gasteiger partial charge in [-0.05, 0) is 105 Å². The molecule has 1 amide bonds. The highest BCUT2D eigenvalue weighted by Crippen LogP contribution is 2.68. The van der Waals surface area contributed by atoms with E-state index in [9.17, 15) is 20.1 Å². The van der Waals surface area contributed by atoms with Gasteiger partial charge in [0.2, 0.25) is 5.91 Å². The van der Waals surface area contributed by atoms with Gasteiger partial charge in [0.05, 0.1) is 24.0 Å². The summed E-state index contributed by atoms with van der Waals surface area (Å²) in [5.74, 6) is 1.90. The Labute approximate surface area is 213 Å². The first-order valence-electron chi connectivity index (χ1n) is 13.8. The molecule has 11 atom stereocenters. The SMILES string of the molecule is Cc1csc(NC(=O)CC[C@@H](C)[C@H]2CC[C@H]3[C@@H]4[C@H](O)C[C@@H]5C[C@H](O)CC[C@]5(C)[C@H]4C[C@H](O)[C@]23C)n1. The summed E-state index contributed by atoms with van der Waals surface area (Å²) in [6.45, 7) is 8.82. The van der Waals surface area contributed by atoms with Crippen molar-refractivity contribution in [3.63, 3.8) is 0 Å². The first-order chi connectivity index (χ1) is 16.5. The highest BCUT2D eigenvalue weighted by molar-refractivity contribution is 7.13. The van der Waals surface area contributed by atoms with E-state index in [1.54, 1.807) is 0 Å². The Hall–Kier alpha value is -1.02. The lowest BCUT2D eigenvalue weighted by Crippen LogP contribution is -2.62. The number of nitrogens with one attached hydrogen (secondary N) is 1. The van der Waals surface area contributed by atoms with E-state index in [0.717, 1.165) is 57.1 Å². The Morgan fingerprint density at radius 1 is 1.17 bits per heavy atom. The predicted molar refractivity (Wildman–Crippen MR) is 138 cm³/mol. The zero-order valence-electron chi connectivity index (χ0n) is 21.7. The molecule has 1 aromatic heterocycles. The molecule has 0 radical (unpaired) electrons. The van der Waals surface area contributed by atoms with Crippen molar-refractivity contribution in [3.05, 3.63) is 11.1 Å². The van der Waals surface area contributed by atoms with E-state index in [4.69, 9.17) is 0 Å². The Morgan fingerprint density at radius 3 is 2.66 bits per heavy atom. The van der Waals surface area contributed by atoms with E-state index in [2.05, 4.69) is 31.1 Å². The number of hydrogen-bond acceptors (Lipinski definition) is 6. The molecule has 0 saturated heterocycles. The fourth-order valence-corrected chi connectivity index (χ4v) is 9.99. The van der Waals surface area contributed by atoms with Crippen LogP contribution in [0.5, 0.6) is 0 Å². The van der Waals surface area contributed by atoms with E-state index in [-0.39, 0.29) is 41.0 Å². The lowest BCUT2D eigenvalue weighted by Gasteiger charge is -2.63. The van der Waals surface area contributed by atoms with Crippen molar-refractivity contribution in [2.45, 2.75) is 104 Å². The van der Waals surface area contributed by atoms with Gasteiger partial charge in [-0.15, -0.1) is 11.3 Å². The fourth-order valence-electron chi connectivity index (χ4n) is 9.28. The molecule has 35 heavy (non-hydrogen) atoms. The van der Waals surface area contributed by atoms with Crippen molar-refractivity contribution >= 4 is 22.4 Å². The number of nitrogens with zero attached hydrogens (tertiary/aromatic N) is 1. The van der Waals surface area contributed by atoms with E-state index in [0.29, 0.717) is 41.1 Å². The van der Waals surface area contributed by atoms with Crippen LogP contribution in [-0.4, -0.2) is 44.5 Å². The molecule has 4 saturated carbocycles. The number of amides is 1. The quantitative estimate of drug-likeness (QED) is 0.463. The Morgan fingerprint density at radius 2 is 1.94 bits per heavy atom. The van der Waals surface area contributed by atoms with Gasteiger partial charge in [-0.1, -0.05) is 20.8 Å². The lowest BCUT2D eigenvalue weighted by molar-refractivity contribution is -0.207. The van der Waals surface area contributed by atoms with Crippen molar-refractivity contribution in [2.24, 2.45) is 46.3 Å². The molecule has 4 N–H and O–H groups in total. The minimum atomic E-state index is -0.384. The second-order valence-electron chi connectivity index (χ2n) is 12.9. The van der Waals surface area contributed by atoms with Gasteiger partial charge >= 0.3 is 0 Å². The molecule has 5 rings (SSSR count). The molecular weight excluding hydrogens is 460 g/mol. The summed E-state index contributed by atoms with van der Waals surface area (Å²) >= 11 is 1.46. The summed E-state index contributed by atoms with van der Waals surface area (Å²) in [5, 5.41) is 38.9. The van der Waals surface area contributed by atoms with E-state index >= 15 is 0 Å². The van der Waals surface area contributed by atoms with Crippen LogP contribution in [0.4, 0.5) is 5.13 Å². The van der Waals surface area contributed by atoms with Gasteiger partial charge in [-0.3, -0.25) is 4.79 Å². The van der Waals surface area contributed by atoms with Gasteiger partial charge in [0.25, 0.3) is 0 Å². The Kier molecular flexibility index (Phi) is 6.86. The van der Waals surface area contributed by atoms with Gasteiger partial charge in [0.15, 0.2) is 5.13 Å². The normalized spacial score (nSPS) is 45.8. The maximum atomic E-state index is 12.5. The van der Waals surface area contributed by atoms with Crippen LogP contribution in [0.15, 0.2) is 5.38 Å². The van der Waals surface area contributed by atoms with Crippen LogP contribution in [0, 0.1) is 53.3 Å². The van der Waals surface area contributed by atoms with Crippen molar-refractivity contribution in [1.29, 1.82) is 0 Å². The van der Waals surface area contributed by atoms with Crippen LogP contribution in [0.3, 0.4) is 0 Å². The number of aliphatic hydroxyl groups excluding tert-OH is 3. The summed E-state index contributed by atoms with van der Waals surface area (Å²) in [4.78, 5) is 16.9. The smallest absolute Gasteiger partial charge is 0.226 e. The highest BCUT2D eigenvalue weighted by atomic mass is 32.1. The average molecular weight is 505 g/mol. The molecule has 0 aromatic carbocycles. The van der Waals surface area contributed by atoms with Gasteiger partial charge in [0.1, 0.15) is 0 Å². The standard InChI is InChI=1S/C28H44N2O4S/c1-15(5-8-24(34)30-26-29-16(2)14-35-26)19-6-7-20-25-21(13-23(33)28(19,20)4)27(3)10-9-18(31)11-17(27)12-22(25)32/h14-15,17-23,25,31-33H,5-13H2,1-4H3,(H,29,30,34)/t15-,17+,18-,19-,20+,21+,22-,23+,25+,27+,28-/m1/s1. The molecule has 0 spiro atoms. The molecule has 4 aliphatic carbocycles. The maximum Gasteiger partial charge on any atom is 0.226 e. The van der Waals surface area contributed by atoms with E-state index in [1.165, 1.54) is 11.3 Å². The van der Waals surface area contributed by atoms with Gasteiger partial charge < -0.3 is 20.6 Å². The predicted octanol–water partition coefficient (Wildman–Crippen LogP) is 4.77. The topological polar surface area (TPSA) is 103 Å². The molecule has 196 valence electrons. The van der Waals surface area contributed by atoms with Gasteiger partial charge in [-0.25, -0.2) is 4.98 Å². The fraction of sp³-hybridized carbons (Fsp3) is 0.857. The first-order valence-corrected chi connectivity index (χ1v) is 14.7. The Bertz CT molecular complexity index is 938. The molecule has 4 fully saturated rings. The zero-order valence-corrected chi connectivity index (χ0v) is 22.6. The highest BCUT2D eigenvalue weighted by Gasteiger charge is 2.65. The van der Waals surface area contributed by atoms with Crippen LogP contribution in [-0.2, 0) is 4.79 Å².